The van der Waals surface area contributed by atoms with Crippen LogP contribution >= 0.6 is 0 Å². The summed E-state index contributed by atoms with van der Waals surface area (Å²) < 4.78 is 1.77. The summed E-state index contributed by atoms with van der Waals surface area (Å²) in [7, 11) is 1.90. The normalized spacial score (nSPS) is 13.9. The average Bonchev–Trinajstić information content (AvgIpc) is 3.42. The molecule has 26 heavy (non-hydrogen) atoms. The second-order valence-electron chi connectivity index (χ2n) is 6.63. The molecule has 1 N–H and O–H groups in total. The first-order valence-corrected chi connectivity index (χ1v) is 8.60. The van der Waals surface area contributed by atoms with E-state index in [1.807, 2.05) is 50.0 Å². The number of pyridine rings is 2. The summed E-state index contributed by atoms with van der Waals surface area (Å²) in [6.07, 6.45) is 9.96. The van der Waals surface area contributed by atoms with E-state index < -0.39 is 0 Å². The van der Waals surface area contributed by atoms with Crippen molar-refractivity contribution in [3.05, 3.63) is 54.6 Å². The van der Waals surface area contributed by atoms with E-state index in [0.717, 1.165) is 33.8 Å². The Balaban J connectivity index is 1.47. The summed E-state index contributed by atoms with van der Waals surface area (Å²) in [5.41, 5.74) is 4.92. The third-order valence-corrected chi connectivity index (χ3v) is 4.56. The molecule has 128 valence electrons. The maximum Gasteiger partial charge on any atom is 0.154 e. The number of hydrogen-bond acceptors (Lipinski definition) is 6. The molecule has 4 aromatic heterocycles. The Hall–Kier alpha value is -3.35. The molecule has 4 heterocycles. The molecular weight excluding hydrogens is 326 g/mol. The second kappa shape index (κ2) is 5.87. The number of fused-ring (bicyclic) bond motifs is 1. The SMILES string of the molecule is Cn1cc(-c2cnc3ccc(Nc4cc(C5CC5)cnn4)nc3c2)cn1. The zero-order chi connectivity index (χ0) is 17.5. The number of rotatable bonds is 4. The molecule has 0 bridgehead atoms. The first-order chi connectivity index (χ1) is 12.7. The summed E-state index contributed by atoms with van der Waals surface area (Å²) in [6.45, 7) is 0. The van der Waals surface area contributed by atoms with Crippen LogP contribution in [0, 0.1) is 0 Å². The highest BCUT2D eigenvalue weighted by atomic mass is 15.2. The molecule has 1 saturated carbocycles. The van der Waals surface area contributed by atoms with Crippen LogP contribution in [0.3, 0.4) is 0 Å². The Morgan fingerprint density at radius 3 is 2.73 bits per heavy atom. The fourth-order valence-corrected chi connectivity index (χ4v) is 3.02. The highest BCUT2D eigenvalue weighted by Gasteiger charge is 2.24. The number of nitrogens with one attached hydrogen (secondary N) is 1. The van der Waals surface area contributed by atoms with Gasteiger partial charge in [-0.3, -0.25) is 9.67 Å². The zero-order valence-corrected chi connectivity index (χ0v) is 14.3. The number of aromatic nitrogens is 6. The Morgan fingerprint density at radius 2 is 1.92 bits per heavy atom. The van der Waals surface area contributed by atoms with E-state index in [2.05, 4.69) is 36.6 Å². The van der Waals surface area contributed by atoms with Gasteiger partial charge in [0.15, 0.2) is 5.82 Å². The first-order valence-electron chi connectivity index (χ1n) is 8.60. The van der Waals surface area contributed by atoms with Gasteiger partial charge in [0.1, 0.15) is 5.82 Å². The molecule has 1 aliphatic rings. The Bertz CT molecular complexity index is 1100. The molecule has 1 aliphatic carbocycles. The van der Waals surface area contributed by atoms with Crippen LogP contribution in [-0.2, 0) is 7.05 Å². The van der Waals surface area contributed by atoms with Crippen molar-refractivity contribution in [2.24, 2.45) is 7.05 Å². The molecule has 7 heteroatoms. The van der Waals surface area contributed by atoms with E-state index in [1.165, 1.54) is 18.4 Å². The van der Waals surface area contributed by atoms with Gasteiger partial charge in [0.2, 0.25) is 0 Å². The average molecular weight is 343 g/mol. The lowest BCUT2D eigenvalue weighted by Gasteiger charge is -2.07. The molecule has 0 atom stereocenters. The molecule has 1 fully saturated rings. The summed E-state index contributed by atoms with van der Waals surface area (Å²) >= 11 is 0. The van der Waals surface area contributed by atoms with Crippen LogP contribution in [-0.4, -0.2) is 29.9 Å². The largest absolute Gasteiger partial charge is 0.323 e. The van der Waals surface area contributed by atoms with Gasteiger partial charge in [-0.25, -0.2) is 4.98 Å². The van der Waals surface area contributed by atoms with Crippen molar-refractivity contribution in [1.82, 2.24) is 29.9 Å². The smallest absolute Gasteiger partial charge is 0.154 e. The summed E-state index contributed by atoms with van der Waals surface area (Å²) in [6, 6.07) is 7.94. The standard InChI is InChI=1S/C19H17N7/c1-26-11-15(10-22-26)13-6-17-16(20-8-13)4-5-18(23-17)24-19-7-14(9-21-25-19)12-2-3-12/h4-12H,2-3H2,1H3,(H,23,24,25). The minimum absolute atomic E-state index is 0.641. The van der Waals surface area contributed by atoms with Crippen molar-refractivity contribution in [2.75, 3.05) is 5.32 Å². The maximum absolute atomic E-state index is 4.69. The minimum Gasteiger partial charge on any atom is -0.323 e. The molecule has 0 radical (unpaired) electrons. The summed E-state index contributed by atoms with van der Waals surface area (Å²) in [5.74, 6) is 2.09. The van der Waals surface area contributed by atoms with Crippen molar-refractivity contribution in [2.45, 2.75) is 18.8 Å². The second-order valence-corrected chi connectivity index (χ2v) is 6.63. The maximum atomic E-state index is 4.69. The topological polar surface area (TPSA) is 81.4 Å². The Labute approximate surface area is 150 Å². The molecule has 0 aromatic carbocycles. The third kappa shape index (κ3) is 2.88. The monoisotopic (exact) mass is 343 g/mol. The lowest BCUT2D eigenvalue weighted by Crippen LogP contribution is -1.99. The summed E-state index contributed by atoms with van der Waals surface area (Å²) in [4.78, 5) is 9.19. The highest BCUT2D eigenvalue weighted by molar-refractivity contribution is 5.81. The van der Waals surface area contributed by atoms with Crippen molar-refractivity contribution < 1.29 is 0 Å². The predicted octanol–water partition coefficient (Wildman–Crippen LogP) is 3.44. The molecule has 5 rings (SSSR count). The van der Waals surface area contributed by atoms with Crippen LogP contribution in [0.5, 0.6) is 0 Å². The van der Waals surface area contributed by atoms with Crippen molar-refractivity contribution in [3.8, 4) is 11.1 Å². The molecule has 7 nitrogen and oxygen atoms in total. The van der Waals surface area contributed by atoms with E-state index in [0.29, 0.717) is 5.92 Å². The molecule has 0 unspecified atom stereocenters. The number of nitrogens with zero attached hydrogens (tertiary/aromatic N) is 6. The first kappa shape index (κ1) is 14.9. The third-order valence-electron chi connectivity index (χ3n) is 4.56. The van der Waals surface area contributed by atoms with Gasteiger partial charge in [0.25, 0.3) is 0 Å². The van der Waals surface area contributed by atoms with Gasteiger partial charge in [0, 0.05) is 30.6 Å². The Morgan fingerprint density at radius 1 is 1.00 bits per heavy atom. The van der Waals surface area contributed by atoms with Crippen LogP contribution < -0.4 is 5.32 Å². The fraction of sp³-hybridized carbons (Fsp3) is 0.211. The van der Waals surface area contributed by atoms with E-state index in [9.17, 15) is 0 Å². The van der Waals surface area contributed by atoms with Gasteiger partial charge in [-0.05, 0) is 48.6 Å². The molecule has 4 aromatic rings. The van der Waals surface area contributed by atoms with Crippen molar-refractivity contribution in [1.29, 1.82) is 0 Å². The van der Waals surface area contributed by atoms with Crippen LogP contribution in [0.25, 0.3) is 22.2 Å². The minimum atomic E-state index is 0.641. The van der Waals surface area contributed by atoms with E-state index in [4.69, 9.17) is 0 Å². The lowest BCUT2D eigenvalue weighted by molar-refractivity contribution is 0.768. The van der Waals surface area contributed by atoms with Gasteiger partial charge in [-0.2, -0.15) is 10.2 Å². The van der Waals surface area contributed by atoms with Crippen molar-refractivity contribution >= 4 is 22.7 Å². The van der Waals surface area contributed by atoms with Gasteiger partial charge >= 0.3 is 0 Å². The predicted molar refractivity (Wildman–Crippen MR) is 99.0 cm³/mol. The van der Waals surface area contributed by atoms with Gasteiger partial charge < -0.3 is 5.32 Å². The van der Waals surface area contributed by atoms with Crippen molar-refractivity contribution in [3.63, 3.8) is 0 Å². The summed E-state index contributed by atoms with van der Waals surface area (Å²) in [5, 5.41) is 15.7. The molecular formula is C19H17N7. The van der Waals surface area contributed by atoms with Gasteiger partial charge in [-0.15, -0.1) is 5.10 Å². The van der Waals surface area contributed by atoms with Crippen LogP contribution in [0.4, 0.5) is 11.6 Å². The van der Waals surface area contributed by atoms with E-state index >= 15 is 0 Å². The van der Waals surface area contributed by atoms with Crippen LogP contribution in [0.2, 0.25) is 0 Å². The fourth-order valence-electron chi connectivity index (χ4n) is 3.02. The molecule has 0 saturated heterocycles. The number of aryl methyl sites for hydroxylation is 1. The molecule has 0 amide bonds. The number of anilines is 2. The van der Waals surface area contributed by atoms with E-state index in [-0.39, 0.29) is 0 Å². The van der Waals surface area contributed by atoms with Crippen LogP contribution in [0.1, 0.15) is 24.3 Å². The molecule has 0 spiro atoms. The highest BCUT2D eigenvalue weighted by Crippen LogP contribution is 2.40. The van der Waals surface area contributed by atoms with Gasteiger partial charge in [-0.1, -0.05) is 0 Å². The van der Waals surface area contributed by atoms with Gasteiger partial charge in [0.05, 0.1) is 23.4 Å². The number of hydrogen-bond donors (Lipinski definition) is 1. The Kier molecular flexibility index (Phi) is 3.38. The quantitative estimate of drug-likeness (QED) is 0.611. The van der Waals surface area contributed by atoms with E-state index in [1.54, 1.807) is 4.68 Å². The lowest BCUT2D eigenvalue weighted by atomic mass is 10.1. The van der Waals surface area contributed by atoms with Crippen LogP contribution in [0.15, 0.2) is 49.1 Å². The zero-order valence-electron chi connectivity index (χ0n) is 14.3. The molecule has 0 aliphatic heterocycles.